The number of carbonyl (C=O) groups excluding carboxylic acids is 1. The van der Waals surface area contributed by atoms with Crippen molar-refractivity contribution in [2.24, 2.45) is 4.99 Å². The van der Waals surface area contributed by atoms with Gasteiger partial charge in [0.15, 0.2) is 0 Å². The number of pyridine rings is 1. The minimum atomic E-state index is 0.196. The van der Waals surface area contributed by atoms with Crippen molar-refractivity contribution >= 4 is 17.2 Å². The lowest BCUT2D eigenvalue weighted by atomic mass is 10.0. The van der Waals surface area contributed by atoms with E-state index < -0.39 is 0 Å². The average molecular weight is 326 g/mol. The summed E-state index contributed by atoms with van der Waals surface area (Å²) in [6, 6.07) is 20.1. The first-order chi connectivity index (χ1) is 12.2. The van der Waals surface area contributed by atoms with Gasteiger partial charge in [-0.1, -0.05) is 48.0 Å². The molecule has 2 heterocycles. The second kappa shape index (κ2) is 6.44. The number of aromatic nitrogens is 1. The Balaban J connectivity index is 1.78. The van der Waals surface area contributed by atoms with Gasteiger partial charge >= 0.3 is 0 Å². The van der Waals surface area contributed by atoms with Gasteiger partial charge < -0.3 is 0 Å². The number of aryl methyl sites for hydroxylation is 1. The molecule has 1 aromatic heterocycles. The molecule has 0 N–H and O–H groups in total. The highest BCUT2D eigenvalue weighted by atomic mass is 16.1. The van der Waals surface area contributed by atoms with E-state index in [0.29, 0.717) is 12.8 Å². The van der Waals surface area contributed by atoms with Crippen molar-refractivity contribution in [3.05, 3.63) is 83.6 Å². The molecule has 1 aliphatic rings. The summed E-state index contributed by atoms with van der Waals surface area (Å²) in [6.45, 7) is 2.04. The quantitative estimate of drug-likeness (QED) is 0.685. The number of hydrogen-bond acceptors (Lipinski definition) is 3. The molecule has 0 radical (unpaired) electrons. The average Bonchev–Trinajstić information content (AvgIpc) is 2.80. The van der Waals surface area contributed by atoms with Crippen molar-refractivity contribution in [1.82, 2.24) is 4.98 Å². The third kappa shape index (κ3) is 3.26. The monoisotopic (exact) mass is 326 g/mol. The van der Waals surface area contributed by atoms with E-state index in [4.69, 9.17) is 4.99 Å². The predicted molar refractivity (Wildman–Crippen MR) is 100 cm³/mol. The lowest BCUT2D eigenvalue weighted by Gasteiger charge is -2.07. The van der Waals surface area contributed by atoms with Crippen molar-refractivity contribution in [2.75, 3.05) is 0 Å². The number of nitrogens with zero attached hydrogens (tertiary/aromatic N) is 2. The summed E-state index contributed by atoms with van der Waals surface area (Å²) in [5.74, 6) is 0.196. The molecule has 25 heavy (non-hydrogen) atoms. The molecule has 2 aromatic carbocycles. The highest BCUT2D eigenvalue weighted by Gasteiger charge is 2.18. The van der Waals surface area contributed by atoms with Crippen LogP contribution in [0.4, 0.5) is 5.69 Å². The predicted octanol–water partition coefficient (Wildman–Crippen LogP) is 4.69. The molecule has 0 amide bonds. The van der Waals surface area contributed by atoms with E-state index in [1.807, 2.05) is 61.5 Å². The number of carbonyl (C=O) groups is 1. The summed E-state index contributed by atoms with van der Waals surface area (Å²) in [4.78, 5) is 21.7. The molecule has 3 aromatic rings. The van der Waals surface area contributed by atoms with Gasteiger partial charge in [0.05, 0.1) is 17.1 Å². The summed E-state index contributed by atoms with van der Waals surface area (Å²) in [7, 11) is 0. The fraction of sp³-hybridized carbons (Fsp3) is 0.136. The van der Waals surface area contributed by atoms with Crippen LogP contribution in [0.25, 0.3) is 11.3 Å². The Morgan fingerprint density at radius 2 is 1.72 bits per heavy atom. The van der Waals surface area contributed by atoms with E-state index in [1.54, 1.807) is 6.20 Å². The number of benzene rings is 2. The van der Waals surface area contributed by atoms with Gasteiger partial charge in [0.1, 0.15) is 5.78 Å². The lowest BCUT2D eigenvalue weighted by molar-refractivity contribution is -0.117. The third-order valence-corrected chi connectivity index (χ3v) is 4.41. The van der Waals surface area contributed by atoms with Gasteiger partial charge in [0, 0.05) is 30.2 Å². The van der Waals surface area contributed by atoms with Gasteiger partial charge in [0.25, 0.3) is 0 Å². The maximum absolute atomic E-state index is 12.4. The van der Waals surface area contributed by atoms with Crippen molar-refractivity contribution < 1.29 is 4.79 Å². The fourth-order valence-electron chi connectivity index (χ4n) is 3.16. The van der Waals surface area contributed by atoms with Gasteiger partial charge in [-0.15, -0.1) is 0 Å². The highest BCUT2D eigenvalue weighted by Crippen LogP contribution is 2.27. The maximum Gasteiger partial charge on any atom is 0.143 e. The van der Waals surface area contributed by atoms with Crippen molar-refractivity contribution in [2.45, 2.75) is 19.8 Å². The van der Waals surface area contributed by atoms with Crippen LogP contribution in [0.1, 0.15) is 23.1 Å². The number of aliphatic imine (C=N–C) groups is 1. The van der Waals surface area contributed by atoms with Crippen LogP contribution < -0.4 is 0 Å². The van der Waals surface area contributed by atoms with Crippen molar-refractivity contribution in [3.8, 4) is 11.3 Å². The van der Waals surface area contributed by atoms with Gasteiger partial charge in [-0.2, -0.15) is 0 Å². The molecule has 4 rings (SSSR count). The molecule has 0 atom stereocenters. The maximum atomic E-state index is 12.4. The van der Waals surface area contributed by atoms with E-state index in [1.165, 1.54) is 0 Å². The topological polar surface area (TPSA) is 42.3 Å². The molecule has 0 spiro atoms. The van der Waals surface area contributed by atoms with E-state index >= 15 is 0 Å². The van der Waals surface area contributed by atoms with Crippen LogP contribution in [0.2, 0.25) is 0 Å². The Kier molecular flexibility index (Phi) is 3.98. The first kappa shape index (κ1) is 15.5. The van der Waals surface area contributed by atoms with E-state index in [-0.39, 0.29) is 5.78 Å². The molecule has 0 saturated heterocycles. The molecule has 0 unspecified atom stereocenters. The second-order valence-corrected chi connectivity index (χ2v) is 6.38. The second-order valence-electron chi connectivity index (χ2n) is 6.38. The lowest BCUT2D eigenvalue weighted by Crippen LogP contribution is -2.09. The Labute approximate surface area is 147 Å². The summed E-state index contributed by atoms with van der Waals surface area (Å²) in [5, 5.41) is 0. The number of rotatable bonds is 2. The van der Waals surface area contributed by atoms with Crippen LogP contribution in [0, 0.1) is 6.92 Å². The van der Waals surface area contributed by atoms with Gasteiger partial charge in [-0.05, 0) is 30.7 Å². The number of Topliss-reactive ketones (excluding diaryl/α,β-unsaturated/α-hetero) is 1. The van der Waals surface area contributed by atoms with E-state index in [9.17, 15) is 4.79 Å². The smallest absolute Gasteiger partial charge is 0.143 e. The Morgan fingerprint density at radius 1 is 0.880 bits per heavy atom. The first-order valence-electron chi connectivity index (χ1n) is 8.40. The zero-order chi connectivity index (χ0) is 17.2. The van der Waals surface area contributed by atoms with Gasteiger partial charge in [-0.3, -0.25) is 14.8 Å². The van der Waals surface area contributed by atoms with Crippen LogP contribution in [0.3, 0.4) is 0 Å². The number of hydrogen-bond donors (Lipinski definition) is 0. The molecule has 0 bridgehead atoms. The van der Waals surface area contributed by atoms with Gasteiger partial charge in [0.2, 0.25) is 0 Å². The molecule has 0 saturated carbocycles. The summed E-state index contributed by atoms with van der Waals surface area (Å²) >= 11 is 0. The van der Waals surface area contributed by atoms with E-state index in [0.717, 1.165) is 39.3 Å². The largest absolute Gasteiger partial charge is 0.299 e. The van der Waals surface area contributed by atoms with Crippen LogP contribution >= 0.6 is 0 Å². The standard InChI is InChI=1S/C22H18N2O/c1-15-7-8-20-18(11-15)12-19(25)14-22(24-20)17-9-10-23-21(13-17)16-5-3-2-4-6-16/h2-11,13H,12,14H2,1H3. The van der Waals surface area contributed by atoms with Gasteiger partial charge in [-0.25, -0.2) is 0 Å². The Bertz CT molecular complexity index is 974. The fourth-order valence-corrected chi connectivity index (χ4v) is 3.16. The molecular formula is C22H18N2O. The van der Waals surface area contributed by atoms with Crippen molar-refractivity contribution in [1.29, 1.82) is 0 Å². The molecule has 3 heteroatoms. The molecule has 3 nitrogen and oxygen atoms in total. The first-order valence-corrected chi connectivity index (χ1v) is 8.40. The molecular weight excluding hydrogens is 308 g/mol. The molecule has 0 fully saturated rings. The molecule has 122 valence electrons. The molecule has 1 aliphatic heterocycles. The molecule has 0 aliphatic carbocycles. The van der Waals surface area contributed by atoms with Crippen LogP contribution in [-0.4, -0.2) is 16.5 Å². The highest BCUT2D eigenvalue weighted by molar-refractivity contribution is 6.13. The third-order valence-electron chi connectivity index (χ3n) is 4.41. The zero-order valence-electron chi connectivity index (χ0n) is 14.1. The van der Waals surface area contributed by atoms with Crippen LogP contribution in [0.15, 0.2) is 71.9 Å². The summed E-state index contributed by atoms with van der Waals surface area (Å²) in [5.41, 5.74) is 6.77. The Hall–Kier alpha value is -3.07. The van der Waals surface area contributed by atoms with Crippen LogP contribution in [0.5, 0.6) is 0 Å². The van der Waals surface area contributed by atoms with Crippen LogP contribution in [-0.2, 0) is 11.2 Å². The number of fused-ring (bicyclic) bond motifs is 1. The normalized spacial score (nSPS) is 13.8. The Morgan fingerprint density at radius 3 is 2.56 bits per heavy atom. The SMILES string of the molecule is Cc1ccc2c(c1)CC(=O)CC(c1ccnc(-c3ccccc3)c1)=N2. The number of ketones is 1. The minimum absolute atomic E-state index is 0.196. The summed E-state index contributed by atoms with van der Waals surface area (Å²) < 4.78 is 0. The zero-order valence-corrected chi connectivity index (χ0v) is 14.1. The van der Waals surface area contributed by atoms with Crippen molar-refractivity contribution in [3.63, 3.8) is 0 Å². The van der Waals surface area contributed by atoms with E-state index in [2.05, 4.69) is 11.1 Å². The minimum Gasteiger partial charge on any atom is -0.299 e. The summed E-state index contributed by atoms with van der Waals surface area (Å²) in [6.07, 6.45) is 2.58.